The second-order valence-corrected chi connectivity index (χ2v) is 6.40. The van der Waals surface area contributed by atoms with Crippen LogP contribution in [0.2, 0.25) is 0 Å². The van der Waals surface area contributed by atoms with Gasteiger partial charge < -0.3 is 15.3 Å². The maximum Gasteiger partial charge on any atom is 0.228 e. The number of aliphatic hydroxyl groups is 1. The zero-order valence-corrected chi connectivity index (χ0v) is 11.7. The van der Waals surface area contributed by atoms with Crippen LogP contribution in [-0.4, -0.2) is 48.2 Å². The van der Waals surface area contributed by atoms with Gasteiger partial charge in [-0.2, -0.15) is 0 Å². The Balaban J connectivity index is 1.95. The number of hydrogen-bond donors (Lipinski definition) is 2. The van der Waals surface area contributed by atoms with Crippen molar-refractivity contribution in [3.05, 3.63) is 0 Å². The molecule has 2 aliphatic rings. The van der Waals surface area contributed by atoms with Crippen molar-refractivity contribution in [3.63, 3.8) is 0 Å². The summed E-state index contributed by atoms with van der Waals surface area (Å²) in [4.78, 5) is 14.3. The Hall–Kier alpha value is -0.610. The highest BCUT2D eigenvalue weighted by molar-refractivity contribution is 5.82. The fraction of sp³-hybridized carbons (Fsp3) is 0.929. The fourth-order valence-corrected chi connectivity index (χ4v) is 3.36. The average molecular weight is 254 g/mol. The first-order valence-electron chi connectivity index (χ1n) is 7.14. The minimum absolute atomic E-state index is 0.198. The molecule has 1 amide bonds. The summed E-state index contributed by atoms with van der Waals surface area (Å²) >= 11 is 0. The second-order valence-electron chi connectivity index (χ2n) is 6.40. The molecule has 0 aromatic rings. The first kappa shape index (κ1) is 13.8. The lowest BCUT2D eigenvalue weighted by Crippen LogP contribution is -2.50. The van der Waals surface area contributed by atoms with Gasteiger partial charge in [-0.05, 0) is 38.8 Å². The molecule has 0 bridgehead atoms. The number of rotatable bonds is 3. The van der Waals surface area contributed by atoms with Crippen LogP contribution in [0.5, 0.6) is 0 Å². The molecule has 0 unspecified atom stereocenters. The molecule has 18 heavy (non-hydrogen) atoms. The number of amides is 1. The maximum atomic E-state index is 12.5. The van der Waals surface area contributed by atoms with Crippen LogP contribution in [0, 0.1) is 5.41 Å². The predicted molar refractivity (Wildman–Crippen MR) is 71.3 cm³/mol. The molecular formula is C14H26N2O2. The maximum absolute atomic E-state index is 12.5. The number of carbonyl (C=O) groups excluding carboxylic acids is 1. The van der Waals surface area contributed by atoms with Crippen LogP contribution in [0.4, 0.5) is 0 Å². The van der Waals surface area contributed by atoms with E-state index in [0.29, 0.717) is 6.54 Å². The van der Waals surface area contributed by atoms with Gasteiger partial charge in [-0.3, -0.25) is 4.79 Å². The first-order chi connectivity index (χ1) is 8.45. The molecule has 0 aromatic carbocycles. The molecule has 0 radical (unpaired) electrons. The molecule has 2 fully saturated rings. The Morgan fingerprint density at radius 1 is 1.22 bits per heavy atom. The van der Waals surface area contributed by atoms with E-state index in [1.807, 2.05) is 7.05 Å². The van der Waals surface area contributed by atoms with Crippen molar-refractivity contribution < 1.29 is 9.90 Å². The molecule has 1 saturated heterocycles. The van der Waals surface area contributed by atoms with Crippen molar-refractivity contribution in [2.75, 3.05) is 26.7 Å². The highest BCUT2D eigenvalue weighted by atomic mass is 16.3. The molecule has 4 nitrogen and oxygen atoms in total. The van der Waals surface area contributed by atoms with Gasteiger partial charge in [0.15, 0.2) is 0 Å². The largest absolute Gasteiger partial charge is 0.388 e. The van der Waals surface area contributed by atoms with E-state index in [0.717, 1.165) is 51.6 Å². The zero-order valence-electron chi connectivity index (χ0n) is 11.7. The van der Waals surface area contributed by atoms with Crippen LogP contribution in [0.15, 0.2) is 0 Å². The molecule has 104 valence electrons. The van der Waals surface area contributed by atoms with E-state index in [1.54, 1.807) is 4.90 Å². The number of nitrogens with zero attached hydrogens (tertiary/aromatic N) is 1. The van der Waals surface area contributed by atoms with E-state index in [2.05, 4.69) is 12.2 Å². The van der Waals surface area contributed by atoms with Gasteiger partial charge in [0.2, 0.25) is 5.91 Å². The van der Waals surface area contributed by atoms with E-state index >= 15 is 0 Å². The van der Waals surface area contributed by atoms with E-state index in [4.69, 9.17) is 0 Å². The van der Waals surface area contributed by atoms with Crippen LogP contribution in [0.25, 0.3) is 0 Å². The van der Waals surface area contributed by atoms with Crippen molar-refractivity contribution >= 4 is 5.91 Å². The summed E-state index contributed by atoms with van der Waals surface area (Å²) < 4.78 is 0. The van der Waals surface area contributed by atoms with Crippen molar-refractivity contribution in [1.82, 2.24) is 10.2 Å². The molecular weight excluding hydrogens is 228 g/mol. The van der Waals surface area contributed by atoms with Gasteiger partial charge in [0, 0.05) is 19.0 Å². The van der Waals surface area contributed by atoms with E-state index in [-0.39, 0.29) is 11.3 Å². The monoisotopic (exact) mass is 254 g/mol. The van der Waals surface area contributed by atoms with Crippen molar-refractivity contribution in [3.8, 4) is 0 Å². The summed E-state index contributed by atoms with van der Waals surface area (Å²) in [6.07, 6.45) is 5.63. The normalized spacial score (nSPS) is 25.9. The number of hydrogen-bond acceptors (Lipinski definition) is 3. The Morgan fingerprint density at radius 3 is 2.33 bits per heavy atom. The first-order valence-corrected chi connectivity index (χ1v) is 7.14. The summed E-state index contributed by atoms with van der Waals surface area (Å²) in [5.41, 5.74) is -0.872. The minimum atomic E-state index is -0.631. The molecule has 1 heterocycles. The van der Waals surface area contributed by atoms with Gasteiger partial charge >= 0.3 is 0 Å². The van der Waals surface area contributed by atoms with Crippen molar-refractivity contribution in [1.29, 1.82) is 0 Å². The molecule has 1 saturated carbocycles. The minimum Gasteiger partial charge on any atom is -0.388 e. The lowest BCUT2D eigenvalue weighted by Gasteiger charge is -2.38. The predicted octanol–water partition coefficient (Wildman–Crippen LogP) is 1.14. The van der Waals surface area contributed by atoms with Gasteiger partial charge in [0.25, 0.3) is 0 Å². The van der Waals surface area contributed by atoms with Gasteiger partial charge in [0.1, 0.15) is 0 Å². The molecule has 0 atom stereocenters. The summed E-state index contributed by atoms with van der Waals surface area (Å²) in [6.45, 7) is 4.39. The third-order valence-electron chi connectivity index (χ3n) is 4.64. The summed E-state index contributed by atoms with van der Waals surface area (Å²) in [6, 6.07) is 0. The molecule has 1 aliphatic heterocycles. The SMILES string of the molecule is CN(CC1(O)CCCC1)C(=O)C1(C)CCNCC1. The third kappa shape index (κ3) is 2.86. The highest BCUT2D eigenvalue weighted by Gasteiger charge is 2.40. The lowest BCUT2D eigenvalue weighted by molar-refractivity contribution is -0.144. The Bertz CT molecular complexity index is 305. The summed E-state index contributed by atoms with van der Waals surface area (Å²) in [7, 11) is 1.84. The van der Waals surface area contributed by atoms with E-state index < -0.39 is 5.60 Å². The van der Waals surface area contributed by atoms with Gasteiger partial charge in [-0.25, -0.2) is 0 Å². The Kier molecular flexibility index (Phi) is 3.97. The van der Waals surface area contributed by atoms with Crippen LogP contribution in [0.3, 0.4) is 0 Å². The van der Waals surface area contributed by atoms with Crippen molar-refractivity contribution in [2.45, 2.75) is 51.0 Å². The van der Waals surface area contributed by atoms with Gasteiger partial charge in [-0.15, -0.1) is 0 Å². The number of likely N-dealkylation sites (N-methyl/N-ethyl adjacent to an activating group) is 1. The van der Waals surface area contributed by atoms with Crippen LogP contribution < -0.4 is 5.32 Å². The molecule has 0 spiro atoms. The quantitative estimate of drug-likeness (QED) is 0.794. The van der Waals surface area contributed by atoms with Gasteiger partial charge in [0.05, 0.1) is 5.60 Å². The molecule has 4 heteroatoms. The van der Waals surface area contributed by atoms with Gasteiger partial charge in [-0.1, -0.05) is 19.8 Å². The standard InChI is InChI=1S/C14H26N2O2/c1-13(7-9-15-10-8-13)12(17)16(2)11-14(18)5-3-4-6-14/h15,18H,3-11H2,1-2H3. The van der Waals surface area contributed by atoms with Crippen LogP contribution >= 0.6 is 0 Å². The highest BCUT2D eigenvalue weighted by Crippen LogP contribution is 2.33. The summed E-state index contributed by atoms with van der Waals surface area (Å²) in [5, 5.41) is 13.7. The molecule has 1 aliphatic carbocycles. The van der Waals surface area contributed by atoms with Crippen molar-refractivity contribution in [2.24, 2.45) is 5.41 Å². The number of nitrogens with one attached hydrogen (secondary N) is 1. The molecule has 0 aromatic heterocycles. The van der Waals surface area contributed by atoms with E-state index in [9.17, 15) is 9.90 Å². The number of carbonyl (C=O) groups is 1. The lowest BCUT2D eigenvalue weighted by atomic mass is 9.79. The topological polar surface area (TPSA) is 52.6 Å². The third-order valence-corrected chi connectivity index (χ3v) is 4.64. The summed E-state index contributed by atoms with van der Waals surface area (Å²) in [5.74, 6) is 0.198. The Labute approximate surface area is 110 Å². The smallest absolute Gasteiger partial charge is 0.228 e. The van der Waals surface area contributed by atoms with E-state index in [1.165, 1.54) is 0 Å². The van der Waals surface area contributed by atoms with Crippen LogP contribution in [-0.2, 0) is 4.79 Å². The molecule has 2 N–H and O–H groups in total. The second kappa shape index (κ2) is 5.17. The fourth-order valence-electron chi connectivity index (χ4n) is 3.36. The molecule has 2 rings (SSSR count). The average Bonchev–Trinajstić information content (AvgIpc) is 2.75. The zero-order chi connectivity index (χ0) is 13.2. The Morgan fingerprint density at radius 2 is 1.78 bits per heavy atom. The number of piperidine rings is 1. The van der Waals surface area contributed by atoms with Crippen LogP contribution in [0.1, 0.15) is 45.4 Å².